The van der Waals surface area contributed by atoms with Crippen LogP contribution in [0.1, 0.15) is 0 Å². The van der Waals surface area contributed by atoms with Gasteiger partial charge in [0.25, 0.3) is 0 Å². The third-order valence-electron chi connectivity index (χ3n) is 8.09. The van der Waals surface area contributed by atoms with Crippen LogP contribution in [-0.4, -0.2) is 26.2 Å². The zero-order valence-electron chi connectivity index (χ0n) is 14.9. The Morgan fingerprint density at radius 2 is 1.15 bits per heavy atom. The minimum absolute atomic E-state index is 0.00782. The van der Waals surface area contributed by atoms with Crippen LogP contribution in [0.15, 0.2) is 47.6 Å². The second-order valence-electron chi connectivity index (χ2n) is 8.64. The van der Waals surface area contributed by atoms with E-state index in [4.69, 9.17) is 9.47 Å². The van der Waals surface area contributed by atoms with Crippen molar-refractivity contribution in [3.8, 4) is 0 Å². The van der Waals surface area contributed by atoms with Crippen LogP contribution >= 0.6 is 0 Å². The molecule has 0 aromatic carbocycles. The molecule has 8 aliphatic rings. The maximum atomic E-state index is 12.6. The summed E-state index contributed by atoms with van der Waals surface area (Å²) in [4.78, 5) is 25.2. The van der Waals surface area contributed by atoms with Gasteiger partial charge in [-0.1, -0.05) is 36.5 Å². The molecule has 0 spiro atoms. The monoisotopic (exact) mass is 350 g/mol. The minimum Gasteiger partial charge on any atom is -0.466 e. The first-order chi connectivity index (χ1) is 12.7. The van der Waals surface area contributed by atoms with E-state index in [-0.39, 0.29) is 23.8 Å². The SMILES string of the molecule is COC(=O)C1=C(C(=O)OC)C2C=CC1C1C3C4C=CC5C(C=C4)C5C3C21. The van der Waals surface area contributed by atoms with Crippen molar-refractivity contribution in [3.63, 3.8) is 0 Å². The fourth-order valence-electron chi connectivity index (χ4n) is 7.25. The molecule has 0 aliphatic heterocycles. The highest BCUT2D eigenvalue weighted by Crippen LogP contribution is 2.74. The molecule has 0 aromatic rings. The molecular formula is C22H22O4. The van der Waals surface area contributed by atoms with Gasteiger partial charge < -0.3 is 9.47 Å². The summed E-state index contributed by atoms with van der Waals surface area (Å²) in [7, 11) is 2.79. The van der Waals surface area contributed by atoms with Gasteiger partial charge in [-0.25, -0.2) is 9.59 Å². The van der Waals surface area contributed by atoms with Gasteiger partial charge >= 0.3 is 11.9 Å². The summed E-state index contributed by atoms with van der Waals surface area (Å²) in [5.74, 6) is 3.87. The number of carbonyl (C=O) groups excluding carboxylic acids is 2. The standard InChI is InChI=1S/C22H22O4/c1-25-21(23)18-12-7-8-13(19(18)22(24)26-2)17-16(12)14-9-3-5-10-11(6-4-9)15(10)20(14)17/h3-17,20H,1-2H3. The van der Waals surface area contributed by atoms with Crippen molar-refractivity contribution in [1.82, 2.24) is 0 Å². The normalized spacial score (nSPS) is 50.4. The van der Waals surface area contributed by atoms with Crippen molar-refractivity contribution in [2.75, 3.05) is 14.2 Å². The van der Waals surface area contributed by atoms with E-state index in [2.05, 4.69) is 36.5 Å². The zero-order chi connectivity index (χ0) is 17.7. The third-order valence-corrected chi connectivity index (χ3v) is 8.09. The van der Waals surface area contributed by atoms with Crippen LogP contribution in [0.25, 0.3) is 0 Å². The average Bonchev–Trinajstić information content (AvgIpc) is 3.39. The first kappa shape index (κ1) is 15.0. The van der Waals surface area contributed by atoms with Crippen LogP contribution in [0, 0.1) is 59.2 Å². The lowest BCUT2D eigenvalue weighted by Crippen LogP contribution is -2.61. The van der Waals surface area contributed by atoms with E-state index in [9.17, 15) is 9.59 Å². The van der Waals surface area contributed by atoms with Crippen LogP contribution in [0.3, 0.4) is 0 Å². The predicted octanol–water partition coefficient (Wildman–Crippen LogP) is 2.54. The summed E-state index contributed by atoms with van der Waals surface area (Å²) in [5, 5.41) is 0. The number of hydrogen-bond acceptors (Lipinski definition) is 4. The second-order valence-corrected chi connectivity index (χ2v) is 8.64. The van der Waals surface area contributed by atoms with Crippen molar-refractivity contribution >= 4 is 11.9 Å². The Morgan fingerprint density at radius 1 is 0.654 bits per heavy atom. The van der Waals surface area contributed by atoms with Gasteiger partial charge in [0.1, 0.15) is 0 Å². The molecule has 0 heterocycles. The van der Waals surface area contributed by atoms with Crippen molar-refractivity contribution in [3.05, 3.63) is 47.6 Å². The largest absolute Gasteiger partial charge is 0.466 e. The molecule has 4 nitrogen and oxygen atoms in total. The molecule has 0 aromatic heterocycles. The number of methoxy groups -OCH3 is 2. The molecule has 2 fully saturated rings. The van der Waals surface area contributed by atoms with Crippen LogP contribution in [0.5, 0.6) is 0 Å². The Balaban J connectivity index is 1.49. The van der Waals surface area contributed by atoms with Gasteiger partial charge in [-0.15, -0.1) is 0 Å². The highest BCUT2D eigenvalue weighted by atomic mass is 16.5. The number of carbonyl (C=O) groups is 2. The summed E-state index contributed by atoms with van der Waals surface area (Å²) in [6.07, 6.45) is 14.0. The Kier molecular flexibility index (Phi) is 2.76. The lowest BCUT2D eigenvalue weighted by molar-refractivity contribution is -0.147. The molecule has 8 aliphatic carbocycles. The minimum atomic E-state index is -0.375. The summed E-state index contributed by atoms with van der Waals surface area (Å²) in [6.45, 7) is 0. The number of ether oxygens (including phenoxy) is 2. The summed E-state index contributed by atoms with van der Waals surface area (Å²) < 4.78 is 10.1. The van der Waals surface area contributed by atoms with Crippen molar-refractivity contribution in [1.29, 1.82) is 0 Å². The van der Waals surface area contributed by atoms with E-state index in [1.54, 1.807) is 0 Å². The van der Waals surface area contributed by atoms with E-state index in [1.165, 1.54) is 14.2 Å². The van der Waals surface area contributed by atoms with Gasteiger partial charge in [-0.2, -0.15) is 0 Å². The highest BCUT2D eigenvalue weighted by Gasteiger charge is 2.71. The fraction of sp³-hybridized carbons (Fsp3) is 0.545. The fourth-order valence-corrected chi connectivity index (χ4v) is 7.25. The third kappa shape index (κ3) is 1.54. The molecule has 2 saturated carbocycles. The van der Waals surface area contributed by atoms with E-state index in [0.29, 0.717) is 52.6 Å². The topological polar surface area (TPSA) is 52.6 Å². The quantitative estimate of drug-likeness (QED) is 0.567. The number of rotatable bonds is 2. The zero-order valence-corrected chi connectivity index (χ0v) is 14.9. The molecule has 8 atom stereocenters. The first-order valence-corrected chi connectivity index (χ1v) is 9.63. The summed E-state index contributed by atoms with van der Waals surface area (Å²) in [6, 6.07) is 0. The van der Waals surface area contributed by atoms with Gasteiger partial charge in [-0.05, 0) is 47.3 Å². The molecule has 134 valence electrons. The van der Waals surface area contributed by atoms with Crippen molar-refractivity contribution in [2.24, 2.45) is 59.2 Å². The Hall–Kier alpha value is -2.10. The Bertz CT molecular complexity index is 826. The second kappa shape index (κ2) is 4.79. The number of esters is 2. The van der Waals surface area contributed by atoms with E-state index in [0.717, 1.165) is 5.92 Å². The number of hydrogen-bond donors (Lipinski definition) is 0. The highest BCUT2D eigenvalue weighted by molar-refractivity contribution is 6.02. The van der Waals surface area contributed by atoms with E-state index in [1.807, 2.05) is 0 Å². The molecule has 8 rings (SSSR count). The Labute approximate surface area is 152 Å². The van der Waals surface area contributed by atoms with E-state index >= 15 is 0 Å². The molecule has 0 amide bonds. The summed E-state index contributed by atoms with van der Waals surface area (Å²) in [5.41, 5.74) is 1.10. The van der Waals surface area contributed by atoms with Crippen LogP contribution in [0.4, 0.5) is 0 Å². The lowest BCUT2D eigenvalue weighted by atomic mass is 9.40. The van der Waals surface area contributed by atoms with Gasteiger partial charge in [0.15, 0.2) is 0 Å². The van der Waals surface area contributed by atoms with Crippen LogP contribution < -0.4 is 0 Å². The van der Waals surface area contributed by atoms with Crippen LogP contribution in [0.2, 0.25) is 0 Å². The molecule has 0 N–H and O–H groups in total. The van der Waals surface area contributed by atoms with Crippen LogP contribution in [-0.2, 0) is 19.1 Å². The lowest BCUT2D eigenvalue weighted by Gasteiger charge is -2.63. The Morgan fingerprint density at radius 3 is 1.65 bits per heavy atom. The van der Waals surface area contributed by atoms with Gasteiger partial charge in [0.2, 0.25) is 0 Å². The molecular weight excluding hydrogens is 328 g/mol. The smallest absolute Gasteiger partial charge is 0.334 e. The van der Waals surface area contributed by atoms with Gasteiger partial charge in [0, 0.05) is 11.8 Å². The van der Waals surface area contributed by atoms with E-state index < -0.39 is 0 Å². The van der Waals surface area contributed by atoms with Crippen molar-refractivity contribution < 1.29 is 19.1 Å². The maximum Gasteiger partial charge on any atom is 0.334 e. The van der Waals surface area contributed by atoms with Crippen molar-refractivity contribution in [2.45, 2.75) is 0 Å². The number of allylic oxidation sites excluding steroid dienone is 6. The molecule has 4 heteroatoms. The van der Waals surface area contributed by atoms with Gasteiger partial charge in [-0.3, -0.25) is 0 Å². The molecule has 0 radical (unpaired) electrons. The average molecular weight is 350 g/mol. The predicted molar refractivity (Wildman–Crippen MR) is 93.4 cm³/mol. The molecule has 6 bridgehead atoms. The van der Waals surface area contributed by atoms with Gasteiger partial charge in [0.05, 0.1) is 25.4 Å². The maximum absolute atomic E-state index is 12.6. The first-order valence-electron chi connectivity index (χ1n) is 9.63. The molecule has 0 saturated heterocycles. The summed E-state index contributed by atoms with van der Waals surface area (Å²) >= 11 is 0. The molecule has 26 heavy (non-hydrogen) atoms. The molecule has 8 unspecified atom stereocenters.